The molecule has 0 radical (unpaired) electrons. The van der Waals surface area contributed by atoms with Crippen LogP contribution in [0.1, 0.15) is 13.8 Å². The SMILES string of the molecule is CC(=O)OC1(OC(C)=O)C=C2C3C4C([C@H]24)[C@H]31. The maximum Gasteiger partial charge on any atom is 0.306 e. The Morgan fingerprint density at radius 3 is 2.19 bits per heavy atom. The number of hydrogen-bond acceptors (Lipinski definition) is 4. The van der Waals surface area contributed by atoms with Gasteiger partial charge in [-0.3, -0.25) is 9.59 Å². The van der Waals surface area contributed by atoms with E-state index in [1.807, 2.05) is 6.08 Å². The van der Waals surface area contributed by atoms with Gasteiger partial charge in [0.05, 0.1) is 5.92 Å². The first-order valence-corrected chi connectivity index (χ1v) is 5.67. The number of allylic oxidation sites excluding steroid dienone is 1. The van der Waals surface area contributed by atoms with E-state index in [2.05, 4.69) is 0 Å². The predicted molar refractivity (Wildman–Crippen MR) is 51.8 cm³/mol. The quantitative estimate of drug-likeness (QED) is 0.393. The molecule has 0 bridgehead atoms. The third-order valence-corrected chi connectivity index (χ3v) is 4.56. The maximum atomic E-state index is 11.1. The molecule has 84 valence electrons. The van der Waals surface area contributed by atoms with Crippen molar-refractivity contribution in [1.29, 1.82) is 0 Å². The van der Waals surface area contributed by atoms with Gasteiger partial charge in [0.1, 0.15) is 0 Å². The fourth-order valence-electron chi connectivity index (χ4n) is 4.30. The molecule has 4 aliphatic carbocycles. The lowest BCUT2D eigenvalue weighted by molar-refractivity contribution is -0.235. The number of hydrogen-bond donors (Lipinski definition) is 0. The van der Waals surface area contributed by atoms with Gasteiger partial charge in [0.2, 0.25) is 0 Å². The van der Waals surface area contributed by atoms with E-state index >= 15 is 0 Å². The molecule has 0 spiro atoms. The minimum atomic E-state index is -1.06. The molecule has 5 atom stereocenters. The van der Waals surface area contributed by atoms with Gasteiger partial charge in [0.15, 0.2) is 0 Å². The predicted octanol–water partition coefficient (Wildman–Crippen LogP) is 0.871. The van der Waals surface area contributed by atoms with Crippen molar-refractivity contribution in [3.63, 3.8) is 0 Å². The van der Waals surface area contributed by atoms with Crippen molar-refractivity contribution in [2.45, 2.75) is 19.6 Å². The number of rotatable bonds is 2. The van der Waals surface area contributed by atoms with Crippen LogP contribution >= 0.6 is 0 Å². The van der Waals surface area contributed by atoms with Gasteiger partial charge in [0.25, 0.3) is 5.79 Å². The summed E-state index contributed by atoms with van der Waals surface area (Å²) in [5.74, 6) is 1.06. The first-order valence-electron chi connectivity index (χ1n) is 5.67. The van der Waals surface area contributed by atoms with Crippen molar-refractivity contribution in [3.05, 3.63) is 11.6 Å². The Bertz CT molecular complexity index is 448. The summed E-state index contributed by atoms with van der Waals surface area (Å²) < 4.78 is 10.6. The van der Waals surface area contributed by atoms with Gasteiger partial charge in [-0.2, -0.15) is 0 Å². The Labute approximate surface area is 92.6 Å². The fourth-order valence-corrected chi connectivity index (χ4v) is 4.30. The molecule has 4 heteroatoms. The third-order valence-electron chi connectivity index (χ3n) is 4.56. The first-order chi connectivity index (χ1) is 7.55. The molecule has 0 aromatic heterocycles. The van der Waals surface area contributed by atoms with Gasteiger partial charge < -0.3 is 9.47 Å². The summed E-state index contributed by atoms with van der Waals surface area (Å²) in [5.41, 5.74) is 1.36. The van der Waals surface area contributed by atoms with Crippen molar-refractivity contribution < 1.29 is 19.1 Å². The lowest BCUT2D eigenvalue weighted by Crippen LogP contribution is -2.49. The molecule has 0 aliphatic heterocycles. The molecule has 3 fully saturated rings. The smallest absolute Gasteiger partial charge is 0.306 e. The van der Waals surface area contributed by atoms with Crippen LogP contribution in [0.4, 0.5) is 0 Å². The minimum absolute atomic E-state index is 0.213. The second kappa shape index (κ2) is 2.19. The Hall–Kier alpha value is -1.32. The second-order valence-electron chi connectivity index (χ2n) is 5.29. The number of esters is 2. The standard InChI is InChI=1S/C12H12O4/c1-4(13)15-12(16-5(2)14)3-6-7-9-8(6)11(12)10(7)9/h3,7-11H,1-2H3/t7-,8?,9?,10?,11+/m1/s1. The topological polar surface area (TPSA) is 52.6 Å². The molecule has 3 unspecified atom stereocenters. The first kappa shape index (κ1) is 8.79. The van der Waals surface area contributed by atoms with E-state index in [0.717, 1.165) is 11.8 Å². The monoisotopic (exact) mass is 220 g/mol. The molecular formula is C12H12O4. The molecule has 0 saturated heterocycles. The normalized spacial score (nSPS) is 46.9. The Balaban J connectivity index is 1.71. The van der Waals surface area contributed by atoms with E-state index < -0.39 is 5.79 Å². The Kier molecular flexibility index (Phi) is 1.20. The van der Waals surface area contributed by atoms with Crippen molar-refractivity contribution in [2.24, 2.45) is 29.6 Å². The van der Waals surface area contributed by atoms with Crippen LogP contribution in [0.5, 0.6) is 0 Å². The van der Waals surface area contributed by atoms with Crippen LogP contribution in [-0.4, -0.2) is 17.7 Å². The van der Waals surface area contributed by atoms with E-state index in [9.17, 15) is 9.59 Å². The Morgan fingerprint density at radius 2 is 1.75 bits per heavy atom. The van der Waals surface area contributed by atoms with Gasteiger partial charge in [-0.05, 0) is 29.7 Å². The number of carbonyl (C=O) groups excluding carboxylic acids is 2. The van der Waals surface area contributed by atoms with Crippen molar-refractivity contribution in [3.8, 4) is 0 Å². The molecule has 0 heterocycles. The average Bonchev–Trinajstić information content (AvgIpc) is 2.37. The van der Waals surface area contributed by atoms with Crippen molar-refractivity contribution in [2.75, 3.05) is 0 Å². The van der Waals surface area contributed by atoms with Gasteiger partial charge in [-0.1, -0.05) is 5.57 Å². The van der Waals surface area contributed by atoms with E-state index in [1.54, 1.807) is 0 Å². The molecule has 16 heavy (non-hydrogen) atoms. The third kappa shape index (κ3) is 0.701. The molecule has 0 aromatic rings. The van der Waals surface area contributed by atoms with E-state index in [4.69, 9.17) is 9.47 Å². The lowest BCUT2D eigenvalue weighted by atomic mass is 9.70. The summed E-state index contributed by atoms with van der Waals surface area (Å²) in [5, 5.41) is 0. The molecule has 4 rings (SSSR count). The van der Waals surface area contributed by atoms with Crippen LogP contribution in [0, 0.1) is 29.6 Å². The highest BCUT2D eigenvalue weighted by molar-refractivity contribution is 5.71. The highest BCUT2D eigenvalue weighted by Gasteiger charge is 2.88. The van der Waals surface area contributed by atoms with E-state index in [-0.39, 0.29) is 17.9 Å². The molecular weight excluding hydrogens is 208 g/mol. The molecule has 0 N–H and O–H groups in total. The van der Waals surface area contributed by atoms with Gasteiger partial charge >= 0.3 is 11.9 Å². The summed E-state index contributed by atoms with van der Waals surface area (Å²) >= 11 is 0. The molecule has 3 saturated carbocycles. The van der Waals surface area contributed by atoms with Crippen molar-refractivity contribution in [1.82, 2.24) is 0 Å². The minimum Gasteiger partial charge on any atom is -0.418 e. The number of fused-ring (bicyclic) bond motifs is 3. The number of ether oxygens (including phenoxy) is 2. The van der Waals surface area contributed by atoms with Crippen LogP contribution in [0.15, 0.2) is 11.6 Å². The highest BCUT2D eigenvalue weighted by Crippen LogP contribution is 2.88. The van der Waals surface area contributed by atoms with Crippen molar-refractivity contribution >= 4 is 11.9 Å². The van der Waals surface area contributed by atoms with Crippen LogP contribution < -0.4 is 0 Å². The van der Waals surface area contributed by atoms with Gasteiger partial charge in [0, 0.05) is 13.8 Å². The summed E-state index contributed by atoms with van der Waals surface area (Å²) in [6, 6.07) is 0. The average molecular weight is 220 g/mol. The largest absolute Gasteiger partial charge is 0.418 e. The van der Waals surface area contributed by atoms with Crippen LogP contribution in [-0.2, 0) is 19.1 Å². The van der Waals surface area contributed by atoms with Crippen LogP contribution in [0.25, 0.3) is 0 Å². The van der Waals surface area contributed by atoms with Crippen LogP contribution in [0.3, 0.4) is 0 Å². The molecule has 0 aromatic carbocycles. The van der Waals surface area contributed by atoms with Crippen LogP contribution in [0.2, 0.25) is 0 Å². The van der Waals surface area contributed by atoms with E-state index in [1.165, 1.54) is 19.4 Å². The van der Waals surface area contributed by atoms with Gasteiger partial charge in [-0.25, -0.2) is 0 Å². The maximum absolute atomic E-state index is 11.1. The summed E-state index contributed by atoms with van der Waals surface area (Å²) in [6.45, 7) is 2.71. The molecule has 0 amide bonds. The summed E-state index contributed by atoms with van der Waals surface area (Å²) in [7, 11) is 0. The summed E-state index contributed by atoms with van der Waals surface area (Å²) in [6.07, 6.45) is 1.88. The zero-order valence-corrected chi connectivity index (χ0v) is 9.10. The molecule has 4 aliphatic rings. The molecule has 4 nitrogen and oxygen atoms in total. The van der Waals surface area contributed by atoms with Gasteiger partial charge in [-0.15, -0.1) is 0 Å². The number of carbonyl (C=O) groups is 2. The Morgan fingerprint density at radius 1 is 1.12 bits per heavy atom. The highest BCUT2D eigenvalue weighted by atomic mass is 16.7. The fraction of sp³-hybridized carbons (Fsp3) is 0.667. The summed E-state index contributed by atoms with van der Waals surface area (Å²) in [4.78, 5) is 22.3. The zero-order chi connectivity index (χ0) is 11.2. The van der Waals surface area contributed by atoms with E-state index in [0.29, 0.717) is 11.8 Å². The zero-order valence-electron chi connectivity index (χ0n) is 9.10. The lowest BCUT2D eigenvalue weighted by Gasteiger charge is -2.40. The second-order valence-corrected chi connectivity index (χ2v) is 5.29.